The Morgan fingerprint density at radius 2 is 1.91 bits per heavy atom. The van der Waals surface area contributed by atoms with Crippen LogP contribution in [0.25, 0.3) is 5.69 Å². The molecule has 2 aromatic carbocycles. The molecule has 1 atom stereocenters. The number of benzene rings is 2. The third-order valence-electron chi connectivity index (χ3n) is 4.59. The first-order chi connectivity index (χ1) is 15.6. The van der Waals surface area contributed by atoms with Crippen LogP contribution in [0.5, 0.6) is 5.75 Å². The normalized spacial score (nSPS) is 11.8. The maximum atomic E-state index is 13.9. The lowest BCUT2D eigenvalue weighted by Gasteiger charge is -2.13. The summed E-state index contributed by atoms with van der Waals surface area (Å²) in [6.07, 6.45) is 0. The number of nitrogens with one attached hydrogen (secondary N) is 1. The Labute approximate surface area is 193 Å². The molecule has 4 rings (SSSR count). The molecule has 0 fully saturated rings. The highest BCUT2D eigenvalue weighted by atomic mass is 32.2. The van der Waals surface area contributed by atoms with Crippen molar-refractivity contribution in [2.24, 2.45) is 0 Å². The highest BCUT2D eigenvalue weighted by molar-refractivity contribution is 7.99. The number of hydrogen-bond acceptors (Lipinski definition) is 6. The third kappa shape index (κ3) is 5.35. The van der Waals surface area contributed by atoms with Gasteiger partial charge in [-0.15, -0.1) is 21.5 Å². The van der Waals surface area contributed by atoms with E-state index < -0.39 is 5.82 Å². The van der Waals surface area contributed by atoms with Crippen LogP contribution in [0.2, 0.25) is 0 Å². The Hall–Kier alpha value is -3.17. The van der Waals surface area contributed by atoms with E-state index in [1.165, 1.54) is 17.8 Å². The minimum absolute atomic E-state index is 0.0327. The van der Waals surface area contributed by atoms with Crippen LogP contribution >= 0.6 is 23.1 Å². The summed E-state index contributed by atoms with van der Waals surface area (Å²) in [6.45, 7) is 1.99. The predicted octanol–water partition coefficient (Wildman–Crippen LogP) is 5.02. The van der Waals surface area contributed by atoms with Crippen LogP contribution in [-0.2, 0) is 11.4 Å². The van der Waals surface area contributed by atoms with Crippen molar-refractivity contribution in [1.82, 2.24) is 20.1 Å². The van der Waals surface area contributed by atoms with E-state index in [0.29, 0.717) is 11.0 Å². The number of thiophene rings is 1. The van der Waals surface area contributed by atoms with Crippen LogP contribution < -0.4 is 10.1 Å². The molecule has 4 aromatic rings. The Kier molecular flexibility index (Phi) is 7.18. The van der Waals surface area contributed by atoms with E-state index >= 15 is 0 Å². The van der Waals surface area contributed by atoms with Crippen LogP contribution in [0, 0.1) is 5.82 Å². The second-order valence-electron chi connectivity index (χ2n) is 6.88. The molecule has 1 unspecified atom stereocenters. The fourth-order valence-corrected chi connectivity index (χ4v) is 4.57. The number of para-hydroxylation sites is 2. The van der Waals surface area contributed by atoms with Crippen LogP contribution in [-0.4, -0.2) is 26.4 Å². The predicted molar refractivity (Wildman–Crippen MR) is 124 cm³/mol. The molecular formula is C23H21FN4O2S2. The summed E-state index contributed by atoms with van der Waals surface area (Å²) in [7, 11) is 0. The summed E-state index contributed by atoms with van der Waals surface area (Å²) in [5.74, 6) is 0.308. The maximum absolute atomic E-state index is 13.9. The fourth-order valence-electron chi connectivity index (χ4n) is 3.05. The first-order valence-corrected chi connectivity index (χ1v) is 11.8. The lowest BCUT2D eigenvalue weighted by atomic mass is 10.3. The first kappa shape index (κ1) is 22.0. The molecule has 9 heteroatoms. The summed E-state index contributed by atoms with van der Waals surface area (Å²) >= 11 is 2.89. The van der Waals surface area contributed by atoms with Gasteiger partial charge in [-0.1, -0.05) is 48.2 Å². The second kappa shape index (κ2) is 10.4. The number of hydrogen-bond donors (Lipinski definition) is 1. The van der Waals surface area contributed by atoms with E-state index in [2.05, 4.69) is 15.5 Å². The van der Waals surface area contributed by atoms with Crippen LogP contribution in [0.1, 0.15) is 23.7 Å². The quantitative estimate of drug-likeness (QED) is 0.350. The molecule has 0 aliphatic rings. The number of aromatic nitrogens is 3. The summed E-state index contributed by atoms with van der Waals surface area (Å²) in [6, 6.07) is 19.7. The van der Waals surface area contributed by atoms with Gasteiger partial charge in [0.15, 0.2) is 22.5 Å². The van der Waals surface area contributed by atoms with Crippen molar-refractivity contribution < 1.29 is 13.9 Å². The second-order valence-corrected chi connectivity index (χ2v) is 8.80. The Morgan fingerprint density at radius 1 is 1.12 bits per heavy atom. The first-order valence-electron chi connectivity index (χ1n) is 9.94. The van der Waals surface area contributed by atoms with E-state index in [1.54, 1.807) is 29.5 Å². The van der Waals surface area contributed by atoms with Crippen molar-refractivity contribution >= 4 is 29.0 Å². The number of halogens is 1. The average Bonchev–Trinajstić information content (AvgIpc) is 3.48. The summed E-state index contributed by atoms with van der Waals surface area (Å²) in [4.78, 5) is 13.6. The summed E-state index contributed by atoms with van der Waals surface area (Å²) in [5.41, 5.74) is 0.833. The van der Waals surface area contributed by atoms with Crippen molar-refractivity contribution in [3.8, 4) is 11.4 Å². The monoisotopic (exact) mass is 468 g/mol. The summed E-state index contributed by atoms with van der Waals surface area (Å²) < 4.78 is 21.4. The van der Waals surface area contributed by atoms with Gasteiger partial charge in [0.1, 0.15) is 6.61 Å². The van der Waals surface area contributed by atoms with E-state index in [9.17, 15) is 9.18 Å². The van der Waals surface area contributed by atoms with Gasteiger partial charge in [-0.2, -0.15) is 0 Å². The highest BCUT2D eigenvalue weighted by Crippen LogP contribution is 2.24. The van der Waals surface area contributed by atoms with Gasteiger partial charge in [0.25, 0.3) is 0 Å². The van der Waals surface area contributed by atoms with Gasteiger partial charge in [0.05, 0.1) is 11.8 Å². The zero-order chi connectivity index (χ0) is 22.3. The molecule has 1 amide bonds. The molecule has 0 aliphatic carbocycles. The Bertz CT molecular complexity index is 1170. The minimum atomic E-state index is -0.440. The molecule has 6 nitrogen and oxygen atoms in total. The van der Waals surface area contributed by atoms with Gasteiger partial charge in [-0.3, -0.25) is 9.36 Å². The molecule has 0 radical (unpaired) electrons. The van der Waals surface area contributed by atoms with E-state index in [4.69, 9.17) is 4.74 Å². The molecule has 0 spiro atoms. The molecule has 0 saturated heterocycles. The van der Waals surface area contributed by atoms with Crippen molar-refractivity contribution in [2.45, 2.75) is 24.7 Å². The molecule has 0 bridgehead atoms. The molecule has 0 saturated carbocycles. The van der Waals surface area contributed by atoms with Crippen LogP contribution in [0.15, 0.2) is 77.3 Å². The number of thioether (sulfide) groups is 1. The lowest BCUT2D eigenvalue weighted by molar-refractivity contribution is -0.119. The van der Waals surface area contributed by atoms with Gasteiger partial charge >= 0.3 is 0 Å². The van der Waals surface area contributed by atoms with Crippen LogP contribution in [0.4, 0.5) is 4.39 Å². The highest BCUT2D eigenvalue weighted by Gasteiger charge is 2.18. The number of nitrogens with zero attached hydrogens (tertiary/aromatic N) is 3. The number of rotatable bonds is 9. The number of carbonyl (C=O) groups is 1. The average molecular weight is 469 g/mol. The molecule has 164 valence electrons. The molecule has 2 heterocycles. The minimum Gasteiger partial charge on any atom is -0.483 e. The Morgan fingerprint density at radius 3 is 2.66 bits per heavy atom. The van der Waals surface area contributed by atoms with Crippen molar-refractivity contribution in [3.05, 3.63) is 88.6 Å². The SMILES string of the molecule is CC(NC(=O)CSc1nnc(COc2ccccc2F)n1-c1ccccc1)c1cccs1. The Balaban J connectivity index is 1.48. The van der Waals surface area contributed by atoms with Gasteiger partial charge < -0.3 is 10.1 Å². The standard InChI is InChI=1S/C23H21FN4O2S2/c1-16(20-12-7-13-31-20)25-22(29)15-32-23-27-26-21(28(23)17-8-3-2-4-9-17)14-30-19-11-6-5-10-18(19)24/h2-13,16H,14-15H2,1H3,(H,25,29). The lowest BCUT2D eigenvalue weighted by Crippen LogP contribution is -2.27. The largest absolute Gasteiger partial charge is 0.483 e. The fraction of sp³-hybridized carbons (Fsp3) is 0.174. The van der Waals surface area contributed by atoms with Gasteiger partial charge in [0, 0.05) is 10.6 Å². The molecule has 1 N–H and O–H groups in total. The molecule has 0 aliphatic heterocycles. The van der Waals surface area contributed by atoms with Gasteiger partial charge in [0.2, 0.25) is 5.91 Å². The number of carbonyl (C=O) groups excluding carboxylic acids is 1. The van der Waals surface area contributed by atoms with Crippen LogP contribution in [0.3, 0.4) is 0 Å². The number of ether oxygens (including phenoxy) is 1. The topological polar surface area (TPSA) is 69.0 Å². The maximum Gasteiger partial charge on any atom is 0.230 e. The zero-order valence-electron chi connectivity index (χ0n) is 17.3. The van der Waals surface area contributed by atoms with Crippen molar-refractivity contribution in [1.29, 1.82) is 0 Å². The smallest absolute Gasteiger partial charge is 0.230 e. The van der Waals surface area contributed by atoms with Crippen molar-refractivity contribution in [2.75, 3.05) is 5.75 Å². The molecular weight excluding hydrogens is 447 g/mol. The van der Waals surface area contributed by atoms with Gasteiger partial charge in [-0.05, 0) is 42.6 Å². The summed E-state index contributed by atoms with van der Waals surface area (Å²) in [5, 5.41) is 14.0. The molecule has 2 aromatic heterocycles. The van der Waals surface area contributed by atoms with E-state index in [0.717, 1.165) is 10.6 Å². The van der Waals surface area contributed by atoms with E-state index in [1.807, 2.05) is 59.3 Å². The third-order valence-corrected chi connectivity index (χ3v) is 6.57. The van der Waals surface area contributed by atoms with E-state index in [-0.39, 0.29) is 30.1 Å². The molecule has 32 heavy (non-hydrogen) atoms. The van der Waals surface area contributed by atoms with Crippen molar-refractivity contribution in [3.63, 3.8) is 0 Å². The number of amides is 1. The zero-order valence-corrected chi connectivity index (χ0v) is 18.9. The van der Waals surface area contributed by atoms with Gasteiger partial charge in [-0.25, -0.2) is 4.39 Å².